The van der Waals surface area contributed by atoms with Crippen molar-refractivity contribution in [3.05, 3.63) is 82.6 Å². The van der Waals surface area contributed by atoms with Gasteiger partial charge in [-0.2, -0.15) is 0 Å². The molecule has 35 heavy (non-hydrogen) atoms. The molecule has 4 aromatic rings. The second-order valence-electron chi connectivity index (χ2n) is 9.56. The number of piperidine rings is 1. The van der Waals surface area contributed by atoms with Crippen molar-refractivity contribution in [2.45, 2.75) is 26.3 Å². The zero-order valence-electron chi connectivity index (χ0n) is 19.7. The summed E-state index contributed by atoms with van der Waals surface area (Å²) in [6.45, 7) is 5.15. The normalized spacial score (nSPS) is 20.6. The standard InChI is InChI=1S/C28H26N4O2S/c1-16-6-3-8-19(12-16)26-25(31-17(2)35-26)28(34)32-15-20-13-22(20)23(32)14-30-27(33)21-10-4-7-18-9-5-11-29-24(18)21/h3-12,20,22-23H,13-15H2,1-2H3,(H,30,33)/t20-,22-,23-/m1/s1. The molecule has 0 spiro atoms. The second kappa shape index (κ2) is 8.57. The smallest absolute Gasteiger partial charge is 0.274 e. The second-order valence-corrected chi connectivity index (χ2v) is 10.8. The third-order valence-electron chi connectivity index (χ3n) is 7.13. The summed E-state index contributed by atoms with van der Waals surface area (Å²) in [6, 6.07) is 17.6. The van der Waals surface area contributed by atoms with Crippen LogP contribution in [0, 0.1) is 25.7 Å². The minimum Gasteiger partial charge on any atom is -0.350 e. The Labute approximate surface area is 208 Å². The summed E-state index contributed by atoms with van der Waals surface area (Å²) in [5, 5.41) is 4.91. The van der Waals surface area contributed by atoms with Crippen molar-refractivity contribution in [2.24, 2.45) is 11.8 Å². The third kappa shape index (κ3) is 4.00. The van der Waals surface area contributed by atoms with Gasteiger partial charge in [0.1, 0.15) is 5.69 Å². The van der Waals surface area contributed by atoms with Crippen molar-refractivity contribution in [3.63, 3.8) is 0 Å². The minimum atomic E-state index is -0.157. The molecule has 1 aliphatic heterocycles. The lowest BCUT2D eigenvalue weighted by molar-refractivity contribution is 0.0690. The predicted octanol–water partition coefficient (Wildman–Crippen LogP) is 4.87. The number of pyridine rings is 1. The SMILES string of the molecule is Cc1cccc(-c2sc(C)nc2C(=O)N2C[C@H]3C[C@H]3[C@H]2CNC(=O)c2cccc3cccnc23)c1. The molecular formula is C28H26N4O2S. The molecule has 7 heteroatoms. The van der Waals surface area contributed by atoms with E-state index in [0.717, 1.165) is 39.4 Å². The van der Waals surface area contributed by atoms with Gasteiger partial charge in [0, 0.05) is 24.7 Å². The molecule has 0 radical (unpaired) electrons. The maximum Gasteiger partial charge on any atom is 0.274 e. The van der Waals surface area contributed by atoms with E-state index in [2.05, 4.69) is 34.3 Å². The zero-order chi connectivity index (χ0) is 24.1. The van der Waals surface area contributed by atoms with Crippen LogP contribution in [0.5, 0.6) is 0 Å². The molecule has 176 valence electrons. The van der Waals surface area contributed by atoms with Crippen LogP contribution in [0.15, 0.2) is 60.8 Å². The Hall–Kier alpha value is -3.58. The van der Waals surface area contributed by atoms with E-state index in [1.54, 1.807) is 23.6 Å². The van der Waals surface area contributed by atoms with E-state index in [0.29, 0.717) is 35.2 Å². The number of rotatable bonds is 5. The van der Waals surface area contributed by atoms with Crippen molar-refractivity contribution in [1.82, 2.24) is 20.2 Å². The summed E-state index contributed by atoms with van der Waals surface area (Å²) in [6.07, 6.45) is 2.81. The first-order valence-corrected chi connectivity index (χ1v) is 12.8. The number of aromatic nitrogens is 2. The number of benzene rings is 2. The van der Waals surface area contributed by atoms with E-state index in [1.165, 1.54) is 0 Å². The fourth-order valence-electron chi connectivity index (χ4n) is 5.34. The van der Waals surface area contributed by atoms with Crippen LogP contribution in [0.25, 0.3) is 21.3 Å². The van der Waals surface area contributed by atoms with Gasteiger partial charge in [0.25, 0.3) is 11.8 Å². The third-order valence-corrected chi connectivity index (χ3v) is 8.15. The largest absolute Gasteiger partial charge is 0.350 e. The highest BCUT2D eigenvalue weighted by Crippen LogP contribution is 2.50. The van der Waals surface area contributed by atoms with Crippen LogP contribution in [0.4, 0.5) is 0 Å². The number of aryl methyl sites for hydroxylation is 2. The molecule has 1 saturated heterocycles. The molecule has 2 aromatic carbocycles. The molecule has 6 rings (SSSR count). The van der Waals surface area contributed by atoms with Crippen LogP contribution < -0.4 is 5.32 Å². The Morgan fingerprint density at radius 1 is 1.11 bits per heavy atom. The fourth-order valence-corrected chi connectivity index (χ4v) is 6.24. The predicted molar refractivity (Wildman–Crippen MR) is 138 cm³/mol. The van der Waals surface area contributed by atoms with Crippen LogP contribution in [-0.2, 0) is 0 Å². The van der Waals surface area contributed by atoms with E-state index in [1.807, 2.05) is 48.2 Å². The van der Waals surface area contributed by atoms with Gasteiger partial charge in [-0.1, -0.05) is 48.0 Å². The number of nitrogens with one attached hydrogen (secondary N) is 1. The highest BCUT2D eigenvalue weighted by molar-refractivity contribution is 7.15. The molecule has 0 unspecified atom stereocenters. The van der Waals surface area contributed by atoms with E-state index in [-0.39, 0.29) is 17.9 Å². The molecule has 3 atom stereocenters. The van der Waals surface area contributed by atoms with E-state index < -0.39 is 0 Å². The van der Waals surface area contributed by atoms with Crippen LogP contribution in [0.1, 0.15) is 37.8 Å². The van der Waals surface area contributed by atoms with Gasteiger partial charge < -0.3 is 10.2 Å². The number of fused-ring (bicyclic) bond motifs is 2. The maximum atomic E-state index is 13.8. The number of hydrogen-bond donors (Lipinski definition) is 1. The quantitative estimate of drug-likeness (QED) is 0.441. The summed E-state index contributed by atoms with van der Waals surface area (Å²) >= 11 is 1.56. The lowest BCUT2D eigenvalue weighted by atomic mass is 10.1. The van der Waals surface area contributed by atoms with E-state index >= 15 is 0 Å². The van der Waals surface area contributed by atoms with Crippen molar-refractivity contribution in [2.75, 3.05) is 13.1 Å². The molecule has 1 N–H and O–H groups in total. The molecule has 2 amide bonds. The highest BCUT2D eigenvalue weighted by Gasteiger charge is 2.54. The van der Waals surface area contributed by atoms with Crippen LogP contribution >= 0.6 is 11.3 Å². The lowest BCUT2D eigenvalue weighted by Gasteiger charge is -2.27. The first-order chi connectivity index (χ1) is 17.0. The first-order valence-electron chi connectivity index (χ1n) is 12.0. The first kappa shape index (κ1) is 21.9. The summed E-state index contributed by atoms with van der Waals surface area (Å²) in [5.41, 5.74) is 3.95. The summed E-state index contributed by atoms with van der Waals surface area (Å²) in [5.74, 6) is 0.758. The van der Waals surface area contributed by atoms with E-state index in [4.69, 9.17) is 0 Å². The zero-order valence-corrected chi connectivity index (χ0v) is 20.5. The number of nitrogens with zero attached hydrogens (tertiary/aromatic N) is 3. The Kier molecular flexibility index (Phi) is 5.37. The number of hydrogen-bond acceptors (Lipinski definition) is 5. The van der Waals surface area contributed by atoms with Gasteiger partial charge >= 0.3 is 0 Å². The summed E-state index contributed by atoms with van der Waals surface area (Å²) < 4.78 is 0. The lowest BCUT2D eigenvalue weighted by Crippen LogP contribution is -2.45. The highest BCUT2D eigenvalue weighted by atomic mass is 32.1. The van der Waals surface area contributed by atoms with Crippen molar-refractivity contribution < 1.29 is 9.59 Å². The van der Waals surface area contributed by atoms with Crippen molar-refractivity contribution >= 4 is 34.1 Å². The topological polar surface area (TPSA) is 75.2 Å². The molecule has 1 saturated carbocycles. The number of carbonyl (C=O) groups excluding carboxylic acids is 2. The molecule has 2 aliphatic rings. The minimum absolute atomic E-state index is 0.0215. The summed E-state index contributed by atoms with van der Waals surface area (Å²) in [7, 11) is 0. The van der Waals surface area contributed by atoms with Crippen LogP contribution in [0.3, 0.4) is 0 Å². The maximum absolute atomic E-state index is 13.8. The van der Waals surface area contributed by atoms with Gasteiger partial charge in [0.2, 0.25) is 0 Å². The van der Waals surface area contributed by atoms with Crippen LogP contribution in [-0.4, -0.2) is 45.8 Å². The monoisotopic (exact) mass is 482 g/mol. The van der Waals surface area contributed by atoms with Gasteiger partial charge in [-0.05, 0) is 49.8 Å². The Morgan fingerprint density at radius 2 is 1.94 bits per heavy atom. The Bertz CT molecular complexity index is 1460. The fraction of sp³-hybridized carbons (Fsp3) is 0.286. The number of likely N-dealkylation sites (tertiary alicyclic amines) is 1. The van der Waals surface area contributed by atoms with Crippen LogP contribution in [0.2, 0.25) is 0 Å². The van der Waals surface area contributed by atoms with Gasteiger partial charge in [-0.15, -0.1) is 11.3 Å². The molecule has 3 heterocycles. The van der Waals surface area contributed by atoms with E-state index in [9.17, 15) is 9.59 Å². The van der Waals surface area contributed by atoms with Gasteiger partial charge in [-0.25, -0.2) is 4.98 Å². The Balaban J connectivity index is 1.23. The molecule has 6 nitrogen and oxygen atoms in total. The number of thiazole rings is 1. The number of para-hydroxylation sites is 1. The van der Waals surface area contributed by atoms with Crippen molar-refractivity contribution in [1.29, 1.82) is 0 Å². The molecule has 0 bridgehead atoms. The van der Waals surface area contributed by atoms with Gasteiger partial charge in [0.15, 0.2) is 0 Å². The molecule has 2 aromatic heterocycles. The molecular weight excluding hydrogens is 456 g/mol. The average Bonchev–Trinajstić information content (AvgIpc) is 3.38. The molecule has 1 aliphatic carbocycles. The van der Waals surface area contributed by atoms with Crippen molar-refractivity contribution in [3.8, 4) is 10.4 Å². The molecule has 2 fully saturated rings. The Morgan fingerprint density at radius 3 is 2.80 bits per heavy atom. The number of amides is 2. The van der Waals surface area contributed by atoms with Gasteiger partial charge in [-0.3, -0.25) is 14.6 Å². The summed E-state index contributed by atoms with van der Waals surface area (Å²) in [4.78, 5) is 38.7. The van der Waals surface area contributed by atoms with Gasteiger partial charge in [0.05, 0.1) is 27.0 Å². The number of carbonyl (C=O) groups is 2. The average molecular weight is 483 g/mol.